The van der Waals surface area contributed by atoms with Crippen LogP contribution < -0.4 is 10.6 Å². The molecule has 1 aliphatic carbocycles. The van der Waals surface area contributed by atoms with Crippen LogP contribution in [-0.4, -0.2) is 31.0 Å². The molecule has 32 heavy (non-hydrogen) atoms. The molecule has 2 heterocycles. The van der Waals surface area contributed by atoms with E-state index >= 15 is 0 Å². The minimum Gasteiger partial charge on any atom is -0.458 e. The summed E-state index contributed by atoms with van der Waals surface area (Å²) in [5, 5.41) is 7.40. The lowest BCUT2D eigenvalue weighted by atomic mass is 10.1. The van der Waals surface area contributed by atoms with Crippen molar-refractivity contribution in [3.8, 4) is 11.5 Å². The molecule has 0 radical (unpaired) electrons. The lowest BCUT2D eigenvalue weighted by Gasteiger charge is -2.07. The average Bonchev–Trinajstić information content (AvgIpc) is 3.50. The molecule has 2 N–H and O–H groups in total. The fourth-order valence-electron chi connectivity index (χ4n) is 3.53. The van der Waals surface area contributed by atoms with E-state index < -0.39 is 15.7 Å². The van der Waals surface area contributed by atoms with E-state index in [0.717, 1.165) is 24.8 Å². The van der Waals surface area contributed by atoms with Gasteiger partial charge >= 0.3 is 0 Å². The summed E-state index contributed by atoms with van der Waals surface area (Å²) < 4.78 is 30.9. The van der Waals surface area contributed by atoms with Gasteiger partial charge in [0.15, 0.2) is 20.7 Å². The first-order valence-electron chi connectivity index (χ1n) is 10.2. The van der Waals surface area contributed by atoms with E-state index in [1.165, 1.54) is 23.8 Å². The van der Waals surface area contributed by atoms with Crippen molar-refractivity contribution in [1.29, 1.82) is 0 Å². The van der Waals surface area contributed by atoms with Gasteiger partial charge in [-0.1, -0.05) is 6.07 Å². The van der Waals surface area contributed by atoms with Crippen molar-refractivity contribution in [3.63, 3.8) is 0 Å². The molecular formula is C22H23N3O5S2. The summed E-state index contributed by atoms with van der Waals surface area (Å²) in [6.07, 6.45) is 2.78. The first-order valence-corrected chi connectivity index (χ1v) is 12.8. The van der Waals surface area contributed by atoms with Crippen LogP contribution in [0.15, 0.2) is 45.0 Å². The molecule has 2 amide bonds. The van der Waals surface area contributed by atoms with Gasteiger partial charge in [0.2, 0.25) is 11.8 Å². The van der Waals surface area contributed by atoms with Gasteiger partial charge in [-0.25, -0.2) is 13.4 Å². The van der Waals surface area contributed by atoms with Crippen molar-refractivity contribution in [1.82, 2.24) is 10.3 Å². The maximum absolute atomic E-state index is 12.6. The zero-order valence-corrected chi connectivity index (χ0v) is 19.1. The van der Waals surface area contributed by atoms with Crippen LogP contribution in [0.4, 0.5) is 5.13 Å². The number of hydrogen-bond donors (Lipinski definition) is 2. The molecule has 3 aromatic rings. The molecule has 0 atom stereocenters. The van der Waals surface area contributed by atoms with Gasteiger partial charge in [0, 0.05) is 18.7 Å². The Hall–Kier alpha value is -2.98. The van der Waals surface area contributed by atoms with Crippen molar-refractivity contribution in [2.75, 3.05) is 11.1 Å². The number of rotatable bonds is 8. The minimum atomic E-state index is -3.54. The number of carbonyl (C=O) groups is 2. The summed E-state index contributed by atoms with van der Waals surface area (Å²) in [7, 11) is -3.54. The number of aryl methyl sites for hydroxylation is 2. The van der Waals surface area contributed by atoms with E-state index in [4.69, 9.17) is 4.42 Å². The van der Waals surface area contributed by atoms with Crippen LogP contribution in [0.2, 0.25) is 0 Å². The molecule has 0 aliphatic heterocycles. The van der Waals surface area contributed by atoms with Gasteiger partial charge in [-0.2, -0.15) is 0 Å². The van der Waals surface area contributed by atoms with E-state index in [-0.39, 0.29) is 29.5 Å². The molecule has 0 saturated heterocycles. The monoisotopic (exact) mass is 473 g/mol. The molecule has 0 spiro atoms. The van der Waals surface area contributed by atoms with Crippen LogP contribution in [0, 0.1) is 0 Å². The van der Waals surface area contributed by atoms with Crippen molar-refractivity contribution in [2.45, 2.75) is 44.0 Å². The number of amides is 2. The molecule has 10 heteroatoms. The largest absolute Gasteiger partial charge is 0.458 e. The van der Waals surface area contributed by atoms with Crippen LogP contribution in [0.5, 0.6) is 0 Å². The third-order valence-electron chi connectivity index (χ3n) is 5.20. The second kappa shape index (κ2) is 9.25. The Kier molecular flexibility index (Phi) is 6.43. The Labute approximate surface area is 190 Å². The molecule has 0 saturated carbocycles. The molecule has 168 valence electrons. The molecule has 1 aromatic carbocycles. The maximum Gasteiger partial charge on any atom is 0.227 e. The fourth-order valence-corrected chi connectivity index (χ4v) is 5.54. The summed E-state index contributed by atoms with van der Waals surface area (Å²) >= 11 is 1.22. The first kappa shape index (κ1) is 22.2. The van der Waals surface area contributed by atoms with E-state index in [0.29, 0.717) is 22.3 Å². The second-order valence-electron chi connectivity index (χ2n) is 7.61. The summed E-state index contributed by atoms with van der Waals surface area (Å²) in [5.41, 5.74) is 2.84. The van der Waals surface area contributed by atoms with Crippen molar-refractivity contribution >= 4 is 38.1 Å². The number of aromatic nitrogens is 1. The highest BCUT2D eigenvalue weighted by atomic mass is 32.2. The van der Waals surface area contributed by atoms with E-state index in [1.54, 1.807) is 29.6 Å². The third kappa shape index (κ3) is 5.25. The molecule has 2 aromatic heterocycles. The van der Waals surface area contributed by atoms with Gasteiger partial charge in [0.1, 0.15) is 11.5 Å². The first-order chi connectivity index (χ1) is 15.3. The second-order valence-corrected chi connectivity index (χ2v) is 10.6. The standard InChI is InChI=1S/C22H23N3O5S2/c1-14(26)23-12-17-6-8-20(30-17)19-13-31-22(24-19)25-21(27)9-10-32(28,29)18-7-5-15-3-2-4-16(15)11-18/h5-8,11,13H,2-4,9-10,12H2,1H3,(H,23,26)(H,24,25,27). The molecule has 0 fully saturated rings. The summed E-state index contributed by atoms with van der Waals surface area (Å²) in [6, 6.07) is 8.73. The number of thiazole rings is 1. The topological polar surface area (TPSA) is 118 Å². The highest BCUT2D eigenvalue weighted by Crippen LogP contribution is 2.27. The van der Waals surface area contributed by atoms with Gasteiger partial charge in [-0.15, -0.1) is 11.3 Å². The summed E-state index contributed by atoms with van der Waals surface area (Å²) in [6.45, 7) is 1.71. The SMILES string of the molecule is CC(=O)NCc1ccc(-c2csc(NC(=O)CCS(=O)(=O)c3ccc4c(c3)CCC4)n2)o1. The Morgan fingerprint density at radius 1 is 1.16 bits per heavy atom. The van der Waals surface area contributed by atoms with Crippen LogP contribution in [-0.2, 0) is 38.8 Å². The number of carbonyl (C=O) groups excluding carboxylic acids is 2. The maximum atomic E-state index is 12.6. The zero-order chi connectivity index (χ0) is 22.7. The minimum absolute atomic E-state index is 0.153. The Balaban J connectivity index is 1.33. The molecule has 4 rings (SSSR count). The van der Waals surface area contributed by atoms with E-state index in [2.05, 4.69) is 15.6 Å². The number of nitrogens with zero attached hydrogens (tertiary/aromatic N) is 1. The lowest BCUT2D eigenvalue weighted by Crippen LogP contribution is -2.18. The number of furan rings is 1. The predicted octanol–water partition coefficient (Wildman–Crippen LogP) is 3.33. The van der Waals surface area contributed by atoms with Crippen molar-refractivity contribution in [3.05, 3.63) is 52.6 Å². The molecule has 8 nitrogen and oxygen atoms in total. The number of anilines is 1. The third-order valence-corrected chi connectivity index (χ3v) is 7.67. The smallest absolute Gasteiger partial charge is 0.227 e. The molecule has 0 bridgehead atoms. The predicted molar refractivity (Wildman–Crippen MR) is 121 cm³/mol. The van der Waals surface area contributed by atoms with Crippen LogP contribution in [0.25, 0.3) is 11.5 Å². The van der Waals surface area contributed by atoms with Gasteiger partial charge in [-0.05, 0) is 54.7 Å². The Morgan fingerprint density at radius 3 is 2.78 bits per heavy atom. The van der Waals surface area contributed by atoms with Crippen molar-refractivity contribution < 1.29 is 22.4 Å². The molecule has 0 unspecified atom stereocenters. The summed E-state index contributed by atoms with van der Waals surface area (Å²) in [5.74, 6) is 0.272. The number of hydrogen-bond acceptors (Lipinski definition) is 7. The molecule has 1 aliphatic rings. The average molecular weight is 474 g/mol. The molecular weight excluding hydrogens is 450 g/mol. The quantitative estimate of drug-likeness (QED) is 0.518. The number of sulfone groups is 1. The number of benzene rings is 1. The van der Waals surface area contributed by atoms with Crippen LogP contribution in [0.1, 0.15) is 36.7 Å². The van der Waals surface area contributed by atoms with Gasteiger partial charge in [0.05, 0.1) is 17.2 Å². The lowest BCUT2D eigenvalue weighted by molar-refractivity contribution is -0.119. The zero-order valence-electron chi connectivity index (χ0n) is 17.5. The highest BCUT2D eigenvalue weighted by Gasteiger charge is 2.20. The van der Waals surface area contributed by atoms with Crippen LogP contribution in [0.3, 0.4) is 0 Å². The number of fused-ring (bicyclic) bond motifs is 1. The van der Waals surface area contributed by atoms with Gasteiger partial charge in [-0.3, -0.25) is 9.59 Å². The fraction of sp³-hybridized carbons (Fsp3) is 0.318. The normalized spacial score (nSPS) is 13.0. The summed E-state index contributed by atoms with van der Waals surface area (Å²) in [4.78, 5) is 27.9. The van der Waals surface area contributed by atoms with Gasteiger partial charge in [0.25, 0.3) is 0 Å². The Bertz CT molecular complexity index is 1260. The van der Waals surface area contributed by atoms with Crippen molar-refractivity contribution in [2.24, 2.45) is 0 Å². The van der Waals surface area contributed by atoms with E-state index in [9.17, 15) is 18.0 Å². The van der Waals surface area contributed by atoms with Gasteiger partial charge < -0.3 is 15.1 Å². The highest BCUT2D eigenvalue weighted by molar-refractivity contribution is 7.91. The van der Waals surface area contributed by atoms with E-state index in [1.807, 2.05) is 6.07 Å². The number of nitrogens with one attached hydrogen (secondary N) is 2. The Morgan fingerprint density at radius 2 is 1.97 bits per heavy atom. The van der Waals surface area contributed by atoms with Crippen LogP contribution >= 0.6 is 11.3 Å².